The molecule has 0 saturated heterocycles. The Labute approximate surface area is 111 Å². The number of hydrogen-bond acceptors (Lipinski definition) is 4. The minimum Gasteiger partial charge on any atom is -0.258 e. The van der Waals surface area contributed by atoms with Crippen molar-refractivity contribution in [2.75, 3.05) is 6.54 Å². The van der Waals surface area contributed by atoms with Gasteiger partial charge in [-0.15, -0.1) is 0 Å². The number of nitrogens with zero attached hydrogens (tertiary/aromatic N) is 1. The quantitative estimate of drug-likeness (QED) is 0.656. The Kier molecular flexibility index (Phi) is 4.54. The lowest BCUT2D eigenvalue weighted by Gasteiger charge is -2.06. The lowest BCUT2D eigenvalue weighted by atomic mass is 10.3. The summed E-state index contributed by atoms with van der Waals surface area (Å²) in [7, 11) is -4.16. The minimum atomic E-state index is -4.16. The zero-order valence-corrected chi connectivity index (χ0v) is 11.3. The molecule has 1 aromatic carbocycles. The molecule has 1 N–H and O–H groups in total. The van der Waals surface area contributed by atoms with Gasteiger partial charge in [-0.1, -0.05) is 22.5 Å². The van der Waals surface area contributed by atoms with Gasteiger partial charge in [0.15, 0.2) is 0 Å². The smallest absolute Gasteiger partial charge is 0.258 e. The third-order valence-corrected chi connectivity index (χ3v) is 3.57. The molecule has 9 heteroatoms. The van der Waals surface area contributed by atoms with E-state index in [4.69, 9.17) is 0 Å². The molecule has 1 rings (SSSR count). The van der Waals surface area contributed by atoms with Crippen molar-refractivity contribution < 1.29 is 17.7 Å². The van der Waals surface area contributed by atoms with Gasteiger partial charge >= 0.3 is 0 Å². The summed E-state index contributed by atoms with van der Waals surface area (Å²) in [5.74, 6) is -1.06. The van der Waals surface area contributed by atoms with Gasteiger partial charge in [-0.05, 0) is 6.07 Å². The number of rotatable bonds is 5. The molecule has 0 amide bonds. The fraction of sp³-hybridized carbons (Fsp3) is 0.111. The largest absolute Gasteiger partial charge is 0.270 e. The lowest BCUT2D eigenvalue weighted by molar-refractivity contribution is -0.385. The Morgan fingerprint density at radius 2 is 2.17 bits per heavy atom. The molecular formula is C9H8BrFN2O4S. The van der Waals surface area contributed by atoms with Crippen molar-refractivity contribution in [3.05, 3.63) is 45.2 Å². The Balaban J connectivity index is 3.18. The number of nitro benzene ring substituents is 1. The molecule has 0 fully saturated rings. The summed E-state index contributed by atoms with van der Waals surface area (Å²) >= 11 is 2.93. The zero-order chi connectivity index (χ0) is 13.9. The highest BCUT2D eigenvalue weighted by Crippen LogP contribution is 2.21. The van der Waals surface area contributed by atoms with E-state index in [0.29, 0.717) is 10.5 Å². The second-order valence-corrected chi connectivity index (χ2v) is 6.07. The maximum Gasteiger partial charge on any atom is 0.270 e. The van der Waals surface area contributed by atoms with Crippen LogP contribution < -0.4 is 4.72 Å². The van der Waals surface area contributed by atoms with Crippen LogP contribution in [-0.4, -0.2) is 19.9 Å². The van der Waals surface area contributed by atoms with Gasteiger partial charge in [0.25, 0.3) is 5.69 Å². The summed E-state index contributed by atoms with van der Waals surface area (Å²) in [6.07, 6.45) is 0. The van der Waals surface area contributed by atoms with Crippen LogP contribution >= 0.6 is 15.9 Å². The monoisotopic (exact) mass is 338 g/mol. The van der Waals surface area contributed by atoms with E-state index in [-0.39, 0.29) is 6.54 Å². The van der Waals surface area contributed by atoms with Crippen LogP contribution in [0.25, 0.3) is 0 Å². The van der Waals surface area contributed by atoms with Crippen LogP contribution in [0.3, 0.4) is 0 Å². The van der Waals surface area contributed by atoms with E-state index >= 15 is 0 Å². The molecule has 0 bridgehead atoms. The molecule has 0 saturated carbocycles. The maximum absolute atomic E-state index is 13.4. The molecule has 98 valence electrons. The first-order chi connectivity index (χ1) is 8.24. The maximum atomic E-state index is 13.4. The van der Waals surface area contributed by atoms with Gasteiger partial charge in [0.2, 0.25) is 10.0 Å². The van der Waals surface area contributed by atoms with Gasteiger partial charge in [-0.3, -0.25) is 10.1 Å². The van der Waals surface area contributed by atoms with Crippen molar-refractivity contribution in [3.8, 4) is 0 Å². The average molecular weight is 339 g/mol. The van der Waals surface area contributed by atoms with Crippen molar-refractivity contribution >= 4 is 31.6 Å². The van der Waals surface area contributed by atoms with Gasteiger partial charge in [0, 0.05) is 23.2 Å². The van der Waals surface area contributed by atoms with Crippen molar-refractivity contribution in [2.24, 2.45) is 0 Å². The van der Waals surface area contributed by atoms with Gasteiger partial charge in [-0.2, -0.15) is 0 Å². The van der Waals surface area contributed by atoms with Crippen LogP contribution in [0, 0.1) is 15.9 Å². The number of hydrogen-bond donors (Lipinski definition) is 1. The van der Waals surface area contributed by atoms with Crippen LogP contribution in [0.1, 0.15) is 0 Å². The first-order valence-electron chi connectivity index (χ1n) is 4.51. The topological polar surface area (TPSA) is 89.3 Å². The van der Waals surface area contributed by atoms with Crippen molar-refractivity contribution in [1.29, 1.82) is 0 Å². The van der Waals surface area contributed by atoms with E-state index in [2.05, 4.69) is 22.5 Å². The number of nitro groups is 1. The molecule has 0 radical (unpaired) electrons. The summed E-state index contributed by atoms with van der Waals surface area (Å²) in [5, 5.41) is 10.5. The van der Waals surface area contributed by atoms with E-state index in [9.17, 15) is 22.9 Å². The minimum absolute atomic E-state index is 0.148. The summed E-state index contributed by atoms with van der Waals surface area (Å²) in [5.41, 5.74) is -0.505. The molecular weight excluding hydrogens is 331 g/mol. The third kappa shape index (κ3) is 3.59. The molecule has 0 aliphatic heterocycles. The van der Waals surface area contributed by atoms with Crippen LogP contribution in [-0.2, 0) is 10.0 Å². The van der Waals surface area contributed by atoms with Crippen LogP contribution in [0.2, 0.25) is 0 Å². The number of benzene rings is 1. The number of non-ortho nitro benzene ring substituents is 1. The van der Waals surface area contributed by atoms with Crippen LogP contribution in [0.5, 0.6) is 0 Å². The summed E-state index contributed by atoms with van der Waals surface area (Å²) < 4.78 is 39.2. The third-order valence-electron chi connectivity index (χ3n) is 1.87. The Hall–Kier alpha value is -1.32. The highest BCUT2D eigenvalue weighted by Gasteiger charge is 2.22. The van der Waals surface area contributed by atoms with Gasteiger partial charge < -0.3 is 0 Å². The lowest BCUT2D eigenvalue weighted by Crippen LogP contribution is -2.25. The molecule has 0 atom stereocenters. The molecule has 6 nitrogen and oxygen atoms in total. The van der Waals surface area contributed by atoms with E-state index in [1.54, 1.807) is 0 Å². The standard InChI is InChI=1S/C9H8BrFN2O4S/c1-6(10)5-12-18(16,17)9-4-7(13(14)15)2-3-8(9)11/h2-4,12H,1,5H2. The summed E-state index contributed by atoms with van der Waals surface area (Å²) in [6, 6.07) is 2.28. The number of halogens is 2. The van der Waals surface area contributed by atoms with Crippen molar-refractivity contribution in [1.82, 2.24) is 4.72 Å². The fourth-order valence-corrected chi connectivity index (χ4v) is 2.51. The Morgan fingerprint density at radius 1 is 1.56 bits per heavy atom. The van der Waals surface area contributed by atoms with Crippen LogP contribution in [0.4, 0.5) is 10.1 Å². The van der Waals surface area contributed by atoms with E-state index in [1.165, 1.54) is 0 Å². The summed E-state index contributed by atoms with van der Waals surface area (Å²) in [4.78, 5) is 8.93. The van der Waals surface area contributed by atoms with Gasteiger partial charge in [0.1, 0.15) is 10.7 Å². The fourth-order valence-electron chi connectivity index (χ4n) is 1.06. The second-order valence-electron chi connectivity index (χ2n) is 3.21. The highest BCUT2D eigenvalue weighted by atomic mass is 79.9. The molecule has 1 aromatic rings. The SMILES string of the molecule is C=C(Br)CNS(=O)(=O)c1cc([N+](=O)[O-])ccc1F. The van der Waals surface area contributed by atoms with Crippen molar-refractivity contribution in [2.45, 2.75) is 4.90 Å². The second kappa shape index (κ2) is 5.55. The average Bonchev–Trinajstić information content (AvgIpc) is 2.26. The first kappa shape index (κ1) is 14.7. The molecule has 0 aromatic heterocycles. The molecule has 0 heterocycles. The van der Waals surface area contributed by atoms with E-state index in [0.717, 1.165) is 12.1 Å². The molecule has 0 spiro atoms. The Bertz CT molecular complexity index is 603. The summed E-state index contributed by atoms with van der Waals surface area (Å²) in [6.45, 7) is 3.26. The first-order valence-corrected chi connectivity index (χ1v) is 6.78. The highest BCUT2D eigenvalue weighted by molar-refractivity contribution is 9.11. The van der Waals surface area contributed by atoms with Crippen LogP contribution in [0.15, 0.2) is 34.2 Å². The van der Waals surface area contributed by atoms with Crippen molar-refractivity contribution in [3.63, 3.8) is 0 Å². The van der Waals surface area contributed by atoms with Gasteiger partial charge in [0.05, 0.1) is 4.92 Å². The molecule has 0 aliphatic carbocycles. The Morgan fingerprint density at radius 3 is 2.67 bits per heavy atom. The number of sulfonamides is 1. The predicted octanol–water partition coefficient (Wildman–Crippen LogP) is 1.92. The van der Waals surface area contributed by atoms with Gasteiger partial charge in [-0.25, -0.2) is 17.5 Å². The van der Waals surface area contributed by atoms with E-state index < -0.39 is 31.3 Å². The molecule has 0 unspecified atom stereocenters. The normalized spacial score (nSPS) is 11.2. The molecule has 0 aliphatic rings. The zero-order valence-electron chi connectivity index (χ0n) is 8.89. The predicted molar refractivity (Wildman–Crippen MR) is 66.3 cm³/mol. The number of nitrogens with one attached hydrogen (secondary N) is 1. The molecule has 18 heavy (non-hydrogen) atoms. The van der Waals surface area contributed by atoms with E-state index in [1.807, 2.05) is 4.72 Å².